The summed E-state index contributed by atoms with van der Waals surface area (Å²) in [5, 5.41) is 3.39. The molecule has 0 aromatic carbocycles. The Bertz CT molecular complexity index is 800. The van der Waals surface area contributed by atoms with Gasteiger partial charge in [0.25, 0.3) is 0 Å². The van der Waals surface area contributed by atoms with Gasteiger partial charge in [-0.2, -0.15) is 0 Å². The minimum atomic E-state index is -0.716. The molecule has 4 rings (SSSR count). The summed E-state index contributed by atoms with van der Waals surface area (Å²) in [6.45, 7) is 11.8. The molecule has 3 aliphatic rings. The lowest BCUT2D eigenvalue weighted by atomic mass is 9.57. The van der Waals surface area contributed by atoms with Gasteiger partial charge in [-0.1, -0.05) is 19.9 Å². The fourth-order valence-corrected chi connectivity index (χ4v) is 6.32. The van der Waals surface area contributed by atoms with Crippen molar-refractivity contribution in [1.29, 1.82) is 0 Å². The second-order valence-electron chi connectivity index (χ2n) is 8.96. The molecule has 0 amide bonds. The molecule has 1 saturated carbocycles. The van der Waals surface area contributed by atoms with Crippen LogP contribution in [0.4, 0.5) is 0 Å². The molecule has 154 valence electrons. The zero-order chi connectivity index (χ0) is 20.3. The van der Waals surface area contributed by atoms with E-state index in [0.29, 0.717) is 11.8 Å². The summed E-state index contributed by atoms with van der Waals surface area (Å²) < 4.78 is 18.9. The minimum Gasteiger partial charge on any atom is -0.455 e. The van der Waals surface area contributed by atoms with E-state index in [9.17, 15) is 4.79 Å². The third kappa shape index (κ3) is 3.04. The second-order valence-corrected chi connectivity index (χ2v) is 9.91. The van der Waals surface area contributed by atoms with E-state index in [1.807, 2.05) is 20.8 Å². The predicted molar refractivity (Wildman–Crippen MR) is 108 cm³/mol. The third-order valence-corrected chi connectivity index (χ3v) is 7.64. The van der Waals surface area contributed by atoms with Crippen LogP contribution >= 0.6 is 11.3 Å². The van der Waals surface area contributed by atoms with E-state index >= 15 is 0 Å². The molecular weight excluding hydrogens is 374 g/mol. The second kappa shape index (κ2) is 6.92. The lowest BCUT2D eigenvalue weighted by molar-refractivity contribution is -0.191. The van der Waals surface area contributed by atoms with E-state index < -0.39 is 17.5 Å². The molecule has 5 nitrogen and oxygen atoms in total. The molecule has 6 atom stereocenters. The summed E-state index contributed by atoms with van der Waals surface area (Å²) in [7, 11) is 0. The van der Waals surface area contributed by atoms with Gasteiger partial charge in [0, 0.05) is 24.1 Å². The van der Waals surface area contributed by atoms with E-state index in [1.54, 1.807) is 11.3 Å². The Kier molecular flexibility index (Phi) is 4.96. The van der Waals surface area contributed by atoms with Gasteiger partial charge < -0.3 is 14.2 Å². The molecule has 2 fully saturated rings. The van der Waals surface area contributed by atoms with Crippen molar-refractivity contribution in [2.45, 2.75) is 90.3 Å². The number of hydrogen-bond acceptors (Lipinski definition) is 6. The van der Waals surface area contributed by atoms with Gasteiger partial charge in [0.1, 0.15) is 11.7 Å². The molecule has 0 radical (unpaired) electrons. The first-order chi connectivity index (χ1) is 13.2. The van der Waals surface area contributed by atoms with Crippen LogP contribution in [0.3, 0.4) is 0 Å². The van der Waals surface area contributed by atoms with Crippen LogP contribution in [0.2, 0.25) is 0 Å². The van der Waals surface area contributed by atoms with Gasteiger partial charge in [-0.05, 0) is 51.5 Å². The topological polar surface area (TPSA) is 57.6 Å². The van der Waals surface area contributed by atoms with Crippen LogP contribution in [0.1, 0.15) is 71.0 Å². The maximum Gasteiger partial charge on any atom is 0.303 e. The highest BCUT2D eigenvalue weighted by atomic mass is 32.1. The Morgan fingerprint density at radius 3 is 2.79 bits per heavy atom. The highest BCUT2D eigenvalue weighted by molar-refractivity contribution is 7.09. The van der Waals surface area contributed by atoms with Crippen molar-refractivity contribution < 1.29 is 19.0 Å². The summed E-state index contributed by atoms with van der Waals surface area (Å²) in [4.78, 5) is 16.7. The zero-order valence-electron chi connectivity index (χ0n) is 17.7. The summed E-state index contributed by atoms with van der Waals surface area (Å²) in [5.41, 5.74) is 1.70. The predicted octanol–water partition coefficient (Wildman–Crippen LogP) is 4.62. The van der Waals surface area contributed by atoms with E-state index in [0.717, 1.165) is 24.8 Å². The summed E-state index contributed by atoms with van der Waals surface area (Å²) in [5.74, 6) is -0.256. The average molecular weight is 406 g/mol. The molecule has 1 aromatic rings. The first kappa shape index (κ1) is 20.0. The lowest BCUT2D eigenvalue weighted by Gasteiger charge is -2.53. The van der Waals surface area contributed by atoms with Crippen LogP contribution in [0, 0.1) is 11.8 Å². The van der Waals surface area contributed by atoms with Gasteiger partial charge in [0.2, 0.25) is 0 Å². The molecule has 28 heavy (non-hydrogen) atoms. The number of thiazole rings is 1. The molecule has 6 heteroatoms. The number of hydrogen-bond donors (Lipinski definition) is 0. The first-order valence-electron chi connectivity index (χ1n) is 10.4. The highest BCUT2D eigenvalue weighted by Gasteiger charge is 2.67. The lowest BCUT2D eigenvalue weighted by Crippen LogP contribution is -2.62. The molecule has 0 bridgehead atoms. The van der Waals surface area contributed by atoms with Crippen molar-refractivity contribution in [2.24, 2.45) is 11.8 Å². The van der Waals surface area contributed by atoms with Crippen molar-refractivity contribution in [3.05, 3.63) is 27.7 Å². The van der Waals surface area contributed by atoms with E-state index in [-0.39, 0.29) is 18.0 Å². The largest absolute Gasteiger partial charge is 0.455 e. The molecular formula is C22H31NO4S. The minimum absolute atomic E-state index is 0.154. The molecule has 6 unspecified atom stereocenters. The fourth-order valence-electron chi connectivity index (χ4n) is 5.51. The number of nitrogens with zero attached hydrogens (tertiary/aromatic N) is 1. The van der Waals surface area contributed by atoms with Crippen molar-refractivity contribution in [3.63, 3.8) is 0 Å². The quantitative estimate of drug-likeness (QED) is 0.543. The number of aromatic nitrogens is 1. The van der Waals surface area contributed by atoms with Crippen molar-refractivity contribution in [3.8, 4) is 0 Å². The van der Waals surface area contributed by atoms with Crippen LogP contribution < -0.4 is 0 Å². The van der Waals surface area contributed by atoms with Gasteiger partial charge >= 0.3 is 5.97 Å². The maximum atomic E-state index is 11.8. The standard InChI is InChI=1S/C22H31NO4S/c1-7-18-23-17(11-28-18)15-9-8-13(3)22-16(15)10-12(2)19(25-14(4)24)20(22)26-21(5,6)27-22/h10-11,13,15-16,19-20H,7-9H2,1-6H3. The molecule has 1 aliphatic heterocycles. The summed E-state index contributed by atoms with van der Waals surface area (Å²) in [6.07, 6.45) is 4.65. The normalized spacial score (nSPS) is 39.1. The molecule has 2 heterocycles. The first-order valence-corrected chi connectivity index (χ1v) is 11.2. The smallest absolute Gasteiger partial charge is 0.303 e. The maximum absolute atomic E-state index is 11.8. The van der Waals surface area contributed by atoms with Crippen molar-refractivity contribution >= 4 is 17.3 Å². The summed E-state index contributed by atoms with van der Waals surface area (Å²) >= 11 is 1.74. The Balaban J connectivity index is 1.82. The van der Waals surface area contributed by atoms with Gasteiger partial charge in [-0.3, -0.25) is 4.79 Å². The number of aryl methyl sites for hydroxylation is 1. The average Bonchev–Trinajstić information content (AvgIpc) is 3.19. The highest BCUT2D eigenvalue weighted by Crippen LogP contribution is 2.59. The van der Waals surface area contributed by atoms with Gasteiger partial charge in [-0.15, -0.1) is 11.3 Å². The molecule has 1 aromatic heterocycles. The van der Waals surface area contributed by atoms with Crippen LogP contribution in [-0.2, 0) is 25.4 Å². The zero-order valence-corrected chi connectivity index (χ0v) is 18.5. The van der Waals surface area contributed by atoms with Crippen LogP contribution in [0.5, 0.6) is 0 Å². The van der Waals surface area contributed by atoms with Crippen LogP contribution in [0.25, 0.3) is 0 Å². The number of carbonyl (C=O) groups excluding carboxylic acids is 1. The van der Waals surface area contributed by atoms with E-state index in [4.69, 9.17) is 19.2 Å². The van der Waals surface area contributed by atoms with Crippen molar-refractivity contribution in [1.82, 2.24) is 4.98 Å². The number of carbonyl (C=O) groups is 1. The molecule has 2 aliphatic carbocycles. The molecule has 0 N–H and O–H groups in total. The van der Waals surface area contributed by atoms with Gasteiger partial charge in [0.15, 0.2) is 11.9 Å². The Morgan fingerprint density at radius 2 is 2.14 bits per heavy atom. The van der Waals surface area contributed by atoms with E-state index in [1.165, 1.54) is 17.6 Å². The van der Waals surface area contributed by atoms with Crippen molar-refractivity contribution in [2.75, 3.05) is 0 Å². The SMILES string of the molecule is CCc1nc(C2CCC(C)C34OC(C)(C)OC3C(OC(C)=O)C(C)=CC24)cs1. The Labute approximate surface area is 171 Å². The fraction of sp³-hybridized carbons (Fsp3) is 0.727. The molecule has 1 saturated heterocycles. The Morgan fingerprint density at radius 1 is 1.39 bits per heavy atom. The number of ether oxygens (including phenoxy) is 3. The van der Waals surface area contributed by atoms with Crippen LogP contribution in [-0.4, -0.2) is 34.5 Å². The van der Waals surface area contributed by atoms with E-state index in [2.05, 4.69) is 25.3 Å². The Hall–Kier alpha value is -1.24. The summed E-state index contributed by atoms with van der Waals surface area (Å²) in [6, 6.07) is 0. The molecule has 1 spiro atoms. The number of rotatable bonds is 3. The van der Waals surface area contributed by atoms with Crippen LogP contribution in [0.15, 0.2) is 17.0 Å². The third-order valence-electron chi connectivity index (χ3n) is 6.62. The van der Waals surface area contributed by atoms with Gasteiger partial charge in [-0.25, -0.2) is 4.98 Å². The van der Waals surface area contributed by atoms with Gasteiger partial charge in [0.05, 0.1) is 10.7 Å². The number of esters is 1. The monoisotopic (exact) mass is 405 g/mol.